The van der Waals surface area contributed by atoms with E-state index in [9.17, 15) is 17.6 Å². The zero-order valence-corrected chi connectivity index (χ0v) is 14.0. The summed E-state index contributed by atoms with van der Waals surface area (Å²) in [4.78, 5) is 17.7. The number of hydrogen-bond donors (Lipinski definition) is 2. The first kappa shape index (κ1) is 20.2. The number of carboxylic acid groups (broad SMARTS) is 1. The number of aromatic nitrogens is 2. The van der Waals surface area contributed by atoms with Gasteiger partial charge in [-0.2, -0.15) is 13.2 Å². The van der Waals surface area contributed by atoms with Gasteiger partial charge in [0.05, 0.1) is 16.7 Å². The monoisotopic (exact) mass is 381 g/mol. The molecule has 3 aromatic rings. The number of alkyl halides is 3. The maximum Gasteiger partial charge on any atom is 0.490 e. The number of aliphatic carboxylic acids is 1. The molecule has 5 nitrogen and oxygen atoms in total. The third-order valence-electron chi connectivity index (χ3n) is 3.48. The third-order valence-corrected chi connectivity index (χ3v) is 3.48. The van der Waals surface area contributed by atoms with Crippen LogP contribution in [0.5, 0.6) is 0 Å². The summed E-state index contributed by atoms with van der Waals surface area (Å²) in [7, 11) is 0. The van der Waals surface area contributed by atoms with Gasteiger partial charge in [-0.3, -0.25) is 4.98 Å². The average Bonchev–Trinajstić information content (AvgIpc) is 2.60. The van der Waals surface area contributed by atoms with Gasteiger partial charge in [-0.1, -0.05) is 12.1 Å². The molecule has 9 heteroatoms. The molecule has 0 bridgehead atoms. The van der Waals surface area contributed by atoms with Crippen molar-refractivity contribution >= 4 is 17.0 Å². The van der Waals surface area contributed by atoms with Crippen LogP contribution in [-0.2, 0) is 4.79 Å². The number of carbonyl (C=O) groups is 1. The van der Waals surface area contributed by atoms with Crippen molar-refractivity contribution in [2.45, 2.75) is 19.1 Å². The summed E-state index contributed by atoms with van der Waals surface area (Å²) in [6, 6.07) is 11.9. The van der Waals surface area contributed by atoms with Gasteiger partial charge in [-0.15, -0.1) is 0 Å². The molecule has 2 heterocycles. The van der Waals surface area contributed by atoms with Crippen molar-refractivity contribution in [3.05, 3.63) is 60.0 Å². The van der Waals surface area contributed by atoms with E-state index in [0.717, 1.165) is 16.6 Å². The summed E-state index contributed by atoms with van der Waals surface area (Å²) in [5.41, 5.74) is 9.34. The minimum atomic E-state index is -5.08. The Morgan fingerprint density at radius 1 is 1.15 bits per heavy atom. The van der Waals surface area contributed by atoms with E-state index in [1.165, 1.54) is 6.07 Å². The molecule has 1 aromatic carbocycles. The van der Waals surface area contributed by atoms with E-state index in [1.807, 2.05) is 25.1 Å². The molecule has 2 aromatic heterocycles. The van der Waals surface area contributed by atoms with Crippen LogP contribution in [0.3, 0.4) is 0 Å². The molecule has 27 heavy (non-hydrogen) atoms. The highest BCUT2D eigenvalue weighted by Crippen LogP contribution is 2.29. The summed E-state index contributed by atoms with van der Waals surface area (Å²) in [6.45, 7) is 1.86. The maximum atomic E-state index is 14.0. The number of benzene rings is 1. The first-order chi connectivity index (χ1) is 12.6. The molecule has 0 radical (unpaired) electrons. The van der Waals surface area contributed by atoms with Crippen LogP contribution in [0, 0.1) is 5.82 Å². The fraction of sp³-hybridized carbons (Fsp3) is 0.167. The van der Waals surface area contributed by atoms with Gasteiger partial charge in [0.1, 0.15) is 5.82 Å². The molecule has 3 rings (SSSR count). The lowest BCUT2D eigenvalue weighted by Crippen LogP contribution is -2.21. The second kappa shape index (κ2) is 8.09. The predicted molar refractivity (Wildman–Crippen MR) is 91.2 cm³/mol. The lowest BCUT2D eigenvalue weighted by Gasteiger charge is -2.13. The summed E-state index contributed by atoms with van der Waals surface area (Å²) in [6.07, 6.45) is -3.38. The first-order valence-corrected chi connectivity index (χ1v) is 7.67. The molecule has 0 aliphatic carbocycles. The van der Waals surface area contributed by atoms with Crippen molar-refractivity contribution in [1.29, 1.82) is 0 Å². The molecule has 1 atom stereocenters. The van der Waals surface area contributed by atoms with Crippen molar-refractivity contribution in [2.75, 3.05) is 0 Å². The Balaban J connectivity index is 0.000000321. The van der Waals surface area contributed by atoms with Crippen molar-refractivity contribution in [2.24, 2.45) is 5.73 Å². The topological polar surface area (TPSA) is 89.1 Å². The first-order valence-electron chi connectivity index (χ1n) is 7.67. The molecule has 0 saturated carbocycles. The second-order valence-corrected chi connectivity index (χ2v) is 5.54. The fourth-order valence-corrected chi connectivity index (χ4v) is 2.23. The largest absolute Gasteiger partial charge is 0.490 e. The number of fused-ring (bicyclic) bond motifs is 1. The molecule has 3 N–H and O–H groups in total. The van der Waals surface area contributed by atoms with E-state index in [0.29, 0.717) is 11.3 Å². The van der Waals surface area contributed by atoms with Crippen LogP contribution >= 0.6 is 0 Å². The molecule has 0 aliphatic rings. The maximum absolute atomic E-state index is 14.0. The Hall–Kier alpha value is -3.07. The van der Waals surface area contributed by atoms with Gasteiger partial charge in [0.15, 0.2) is 0 Å². The summed E-state index contributed by atoms with van der Waals surface area (Å²) >= 11 is 0. The standard InChI is InChI=1S/C16H14FN3.C2HF3O2/c1-10(18)12-9-15-14(7-4-8-19-15)20-16(12)11-5-2-3-6-13(11)17;3-2(4,5)1(6)7/h2-10H,18H2,1H3;(H,6,7). The normalized spacial score (nSPS) is 12.2. The van der Waals surface area contributed by atoms with Crippen molar-refractivity contribution in [3.63, 3.8) is 0 Å². The Bertz CT molecular complexity index is 959. The number of nitrogens with zero attached hydrogens (tertiary/aromatic N) is 2. The SMILES string of the molecule is CC(N)c1cc2ncccc2nc1-c1ccccc1F.O=C(O)C(F)(F)F. The van der Waals surface area contributed by atoms with Crippen LogP contribution in [0.4, 0.5) is 17.6 Å². The number of nitrogens with two attached hydrogens (primary N) is 1. The van der Waals surface area contributed by atoms with Gasteiger partial charge >= 0.3 is 12.1 Å². The Kier molecular flexibility index (Phi) is 6.06. The number of halogens is 4. The van der Waals surface area contributed by atoms with Crippen LogP contribution in [0.15, 0.2) is 48.7 Å². The quantitative estimate of drug-likeness (QED) is 0.653. The number of pyridine rings is 2. The molecule has 0 amide bonds. The highest BCUT2D eigenvalue weighted by Gasteiger charge is 2.38. The number of carboxylic acids is 1. The zero-order chi connectivity index (χ0) is 20.2. The van der Waals surface area contributed by atoms with Gasteiger partial charge < -0.3 is 10.8 Å². The molecule has 1 unspecified atom stereocenters. The fourth-order valence-electron chi connectivity index (χ4n) is 2.23. The lowest BCUT2D eigenvalue weighted by molar-refractivity contribution is -0.192. The summed E-state index contributed by atoms with van der Waals surface area (Å²) in [5.74, 6) is -3.06. The minimum Gasteiger partial charge on any atom is -0.475 e. The van der Waals surface area contributed by atoms with Gasteiger partial charge in [-0.05, 0) is 42.8 Å². The van der Waals surface area contributed by atoms with Gasteiger partial charge in [0.25, 0.3) is 0 Å². The minimum absolute atomic E-state index is 0.247. The molecular formula is C18H15F4N3O2. The average molecular weight is 381 g/mol. The molecule has 0 fully saturated rings. The van der Waals surface area contributed by atoms with E-state index < -0.39 is 12.1 Å². The second-order valence-electron chi connectivity index (χ2n) is 5.54. The van der Waals surface area contributed by atoms with E-state index in [1.54, 1.807) is 24.4 Å². The lowest BCUT2D eigenvalue weighted by atomic mass is 10.00. The van der Waals surface area contributed by atoms with E-state index >= 15 is 0 Å². The highest BCUT2D eigenvalue weighted by molar-refractivity contribution is 5.80. The van der Waals surface area contributed by atoms with Gasteiger partial charge in [-0.25, -0.2) is 14.2 Å². The Morgan fingerprint density at radius 2 is 1.78 bits per heavy atom. The van der Waals surface area contributed by atoms with Crippen molar-refractivity contribution in [1.82, 2.24) is 9.97 Å². The molecule has 0 aliphatic heterocycles. The Labute approximate surface area is 151 Å². The Morgan fingerprint density at radius 3 is 2.33 bits per heavy atom. The van der Waals surface area contributed by atoms with Gasteiger partial charge in [0, 0.05) is 17.8 Å². The third kappa shape index (κ3) is 4.98. The smallest absolute Gasteiger partial charge is 0.475 e. The van der Waals surface area contributed by atoms with Crippen LogP contribution in [0.1, 0.15) is 18.5 Å². The zero-order valence-electron chi connectivity index (χ0n) is 14.0. The van der Waals surface area contributed by atoms with Crippen LogP contribution in [-0.4, -0.2) is 27.2 Å². The predicted octanol–water partition coefficient (Wildman–Crippen LogP) is 4.09. The van der Waals surface area contributed by atoms with E-state index in [2.05, 4.69) is 9.97 Å². The van der Waals surface area contributed by atoms with Crippen LogP contribution in [0.2, 0.25) is 0 Å². The van der Waals surface area contributed by atoms with Crippen LogP contribution in [0.25, 0.3) is 22.3 Å². The summed E-state index contributed by atoms with van der Waals surface area (Å²) in [5, 5.41) is 7.12. The van der Waals surface area contributed by atoms with E-state index in [-0.39, 0.29) is 11.9 Å². The summed E-state index contributed by atoms with van der Waals surface area (Å²) < 4.78 is 45.8. The molecule has 142 valence electrons. The van der Waals surface area contributed by atoms with Crippen molar-refractivity contribution in [3.8, 4) is 11.3 Å². The van der Waals surface area contributed by atoms with Crippen LogP contribution < -0.4 is 5.73 Å². The van der Waals surface area contributed by atoms with Crippen molar-refractivity contribution < 1.29 is 27.5 Å². The van der Waals surface area contributed by atoms with E-state index in [4.69, 9.17) is 15.6 Å². The molecule has 0 saturated heterocycles. The van der Waals surface area contributed by atoms with Gasteiger partial charge in [0.2, 0.25) is 0 Å². The number of hydrogen-bond acceptors (Lipinski definition) is 4. The molecule has 0 spiro atoms. The molecular weight excluding hydrogens is 366 g/mol. The highest BCUT2D eigenvalue weighted by atomic mass is 19.4. The number of rotatable bonds is 2.